The van der Waals surface area contributed by atoms with E-state index in [4.69, 9.17) is 9.47 Å². The molecule has 0 aliphatic heterocycles. The number of ether oxygens (including phenoxy) is 2. The minimum absolute atomic E-state index is 0.146. The lowest BCUT2D eigenvalue weighted by Crippen LogP contribution is -2.71. The number of methoxy groups -OCH3 is 2. The zero-order chi connectivity index (χ0) is 35.6. The molecule has 46 heavy (non-hydrogen) atoms. The van der Waals surface area contributed by atoms with Gasteiger partial charge < -0.3 is 14.0 Å². The van der Waals surface area contributed by atoms with Crippen molar-refractivity contribution >= 4 is 21.0 Å². The summed E-state index contributed by atoms with van der Waals surface area (Å²) >= 11 is 0. The smallest absolute Gasteiger partial charge is 0.460 e. The maximum atomic E-state index is 12.7. The second-order valence-electron chi connectivity index (χ2n) is 8.74. The van der Waals surface area contributed by atoms with E-state index in [1.165, 1.54) is 14.7 Å². The fraction of sp³-hybridized carbons (Fsp3) is 0.308. The summed E-state index contributed by atoms with van der Waals surface area (Å²) in [7, 11) is -4.62. The second-order valence-corrected chi connectivity index (χ2v) is 12.2. The van der Waals surface area contributed by atoms with Crippen LogP contribution in [-0.2, 0) is 21.0 Å². The van der Waals surface area contributed by atoms with Crippen molar-refractivity contribution in [2.45, 2.75) is 49.8 Å². The molecule has 0 aliphatic rings. The Bertz CT molecular complexity index is 1500. The van der Waals surface area contributed by atoms with Gasteiger partial charge in [-0.05, 0) is 60.7 Å². The average Bonchev–Trinajstić information content (AvgIpc) is 2.97. The van der Waals surface area contributed by atoms with Gasteiger partial charge in [0.2, 0.25) is 0 Å². The van der Waals surface area contributed by atoms with Crippen LogP contribution in [0.3, 0.4) is 0 Å². The van der Waals surface area contributed by atoms with E-state index in [0.29, 0.717) is 0 Å². The average molecular weight is 723 g/mol. The first-order valence-corrected chi connectivity index (χ1v) is 14.4. The van der Waals surface area contributed by atoms with Gasteiger partial charge in [-0.3, -0.25) is 0 Å². The van der Waals surface area contributed by atoms with Crippen molar-refractivity contribution < 1.29 is 79.5 Å². The maximum absolute atomic E-state index is 12.7. The topological polar surface area (TPSA) is 75.7 Å². The van der Waals surface area contributed by atoms with E-state index in [2.05, 4.69) is 48.5 Å². The van der Waals surface area contributed by atoms with Gasteiger partial charge in [0.15, 0.2) is 24.8 Å². The van der Waals surface area contributed by atoms with Gasteiger partial charge in [0, 0.05) is 0 Å². The van der Waals surface area contributed by atoms with Crippen molar-refractivity contribution in [3.8, 4) is 11.5 Å². The SMILES string of the molecule is COc1ccc([S+](c2ccccc2)c2ccc(OC)cc2)cc1.O=S(=O)([O-])C(F)(F)C(F)(F)C(F)(F)C(F)(F)C(F)(F)C(F)(F)F. The van der Waals surface area contributed by atoms with Crippen LogP contribution in [-0.4, -0.2) is 62.3 Å². The molecule has 3 rings (SSSR count). The third kappa shape index (κ3) is 7.12. The Hall–Kier alpha value is -3.39. The summed E-state index contributed by atoms with van der Waals surface area (Å²) in [4.78, 5) is 3.83. The molecule has 0 fully saturated rings. The van der Waals surface area contributed by atoms with Crippen molar-refractivity contribution in [3.05, 3.63) is 78.9 Å². The fourth-order valence-corrected chi connectivity index (χ4v) is 5.81. The van der Waals surface area contributed by atoms with Crippen LogP contribution in [0.1, 0.15) is 0 Å². The van der Waals surface area contributed by atoms with Crippen molar-refractivity contribution in [3.63, 3.8) is 0 Å². The first kappa shape index (κ1) is 38.8. The largest absolute Gasteiger partial charge is 0.743 e. The van der Waals surface area contributed by atoms with Gasteiger partial charge in [-0.25, -0.2) is 8.42 Å². The molecule has 0 radical (unpaired) electrons. The summed E-state index contributed by atoms with van der Waals surface area (Å²) in [5.41, 5.74) is 0. The van der Waals surface area contributed by atoms with Gasteiger partial charge in [-0.15, -0.1) is 0 Å². The standard InChI is InChI=1S/C20H19O2S.C6HF13O3S/c1-21-16-8-12-19(13-9-16)23(18-6-4-3-5-7-18)20-14-10-17(22-2)11-15-20;7-1(8,3(11,12)5(15,16)17)2(9,10)4(13,14)6(18,19)23(20,21)22/h3-15H,1-2H3;(H,20,21,22)/q+1;/p-1. The van der Waals surface area contributed by atoms with Crippen LogP contribution in [0.4, 0.5) is 57.1 Å². The number of hydrogen-bond donors (Lipinski definition) is 0. The van der Waals surface area contributed by atoms with E-state index in [1.54, 1.807) is 14.2 Å². The Kier molecular flexibility index (Phi) is 11.3. The highest BCUT2D eigenvalue weighted by atomic mass is 32.2. The van der Waals surface area contributed by atoms with Crippen molar-refractivity contribution in [2.75, 3.05) is 14.2 Å². The molecule has 0 aromatic heterocycles. The molecule has 3 aromatic rings. The zero-order valence-electron chi connectivity index (χ0n) is 22.8. The minimum Gasteiger partial charge on any atom is -0.743 e. The summed E-state index contributed by atoms with van der Waals surface area (Å²) in [6.07, 6.45) is -7.61. The number of rotatable bonds is 10. The van der Waals surface area contributed by atoms with E-state index in [9.17, 15) is 70.0 Å². The molecule has 256 valence electrons. The lowest BCUT2D eigenvalue weighted by Gasteiger charge is -2.39. The van der Waals surface area contributed by atoms with E-state index in [0.717, 1.165) is 11.5 Å². The van der Waals surface area contributed by atoms with E-state index >= 15 is 0 Å². The van der Waals surface area contributed by atoms with Crippen LogP contribution in [0.15, 0.2) is 93.5 Å². The molecular weight excluding hydrogens is 703 g/mol. The maximum Gasteiger partial charge on any atom is 0.460 e. The molecule has 0 amide bonds. The molecule has 0 bridgehead atoms. The predicted octanol–water partition coefficient (Wildman–Crippen LogP) is 8.03. The fourth-order valence-electron chi connectivity index (χ4n) is 3.30. The number of hydrogen-bond acceptors (Lipinski definition) is 5. The predicted molar refractivity (Wildman–Crippen MR) is 135 cm³/mol. The molecule has 0 atom stereocenters. The Morgan fingerprint density at radius 3 is 1.15 bits per heavy atom. The van der Waals surface area contributed by atoms with Gasteiger partial charge in [-0.1, -0.05) is 18.2 Å². The summed E-state index contributed by atoms with van der Waals surface area (Å²) in [6, 6.07) is 27.2. The van der Waals surface area contributed by atoms with E-state index < -0.39 is 45.2 Å². The van der Waals surface area contributed by atoms with Crippen LogP contribution < -0.4 is 9.47 Å². The molecule has 0 N–H and O–H groups in total. The lowest BCUT2D eigenvalue weighted by atomic mass is 9.98. The van der Waals surface area contributed by atoms with Crippen molar-refractivity contribution in [1.29, 1.82) is 0 Å². The molecule has 0 aliphatic carbocycles. The van der Waals surface area contributed by atoms with Crippen molar-refractivity contribution in [1.82, 2.24) is 0 Å². The Labute approximate surface area is 255 Å². The van der Waals surface area contributed by atoms with Crippen molar-refractivity contribution in [2.24, 2.45) is 0 Å². The Morgan fingerprint density at radius 1 is 0.522 bits per heavy atom. The second kappa shape index (κ2) is 13.4. The molecule has 0 unspecified atom stereocenters. The molecular formula is C26H19F13O5S2. The molecule has 0 saturated carbocycles. The van der Waals surface area contributed by atoms with Gasteiger partial charge in [0.25, 0.3) is 0 Å². The molecule has 3 aromatic carbocycles. The summed E-state index contributed by atoms with van der Waals surface area (Å²) in [6.45, 7) is 0. The van der Waals surface area contributed by atoms with E-state index in [1.807, 2.05) is 30.3 Å². The molecule has 5 nitrogen and oxygen atoms in total. The Morgan fingerprint density at radius 2 is 0.848 bits per heavy atom. The number of alkyl halides is 13. The first-order chi connectivity index (χ1) is 20.8. The molecule has 0 spiro atoms. The first-order valence-electron chi connectivity index (χ1n) is 11.8. The number of benzene rings is 3. The highest BCUT2D eigenvalue weighted by Crippen LogP contribution is 2.60. The van der Waals surface area contributed by atoms with Gasteiger partial charge in [0.05, 0.1) is 25.1 Å². The van der Waals surface area contributed by atoms with E-state index in [-0.39, 0.29) is 10.9 Å². The van der Waals surface area contributed by atoms with Crippen LogP contribution in [0.25, 0.3) is 0 Å². The van der Waals surface area contributed by atoms with Gasteiger partial charge >= 0.3 is 35.1 Å². The third-order valence-corrected chi connectivity index (χ3v) is 8.90. The zero-order valence-corrected chi connectivity index (χ0v) is 24.4. The van der Waals surface area contributed by atoms with Crippen LogP contribution in [0, 0.1) is 0 Å². The monoisotopic (exact) mass is 722 g/mol. The molecule has 0 saturated heterocycles. The number of halogens is 13. The quantitative estimate of drug-likeness (QED) is 0.120. The van der Waals surface area contributed by atoms with Crippen LogP contribution in [0.2, 0.25) is 0 Å². The van der Waals surface area contributed by atoms with Crippen LogP contribution >= 0.6 is 0 Å². The lowest BCUT2D eigenvalue weighted by molar-refractivity contribution is -0.433. The van der Waals surface area contributed by atoms with Crippen LogP contribution in [0.5, 0.6) is 11.5 Å². The van der Waals surface area contributed by atoms with Gasteiger partial charge in [-0.2, -0.15) is 57.1 Å². The summed E-state index contributed by atoms with van der Waals surface area (Å²) in [5, 5.41) is -7.63. The Balaban J connectivity index is 0.000000320. The minimum atomic E-state index is -8.29. The normalized spacial score (nSPS) is 13.6. The summed E-state index contributed by atoms with van der Waals surface area (Å²) in [5.74, 6) is -30.9. The highest BCUT2D eigenvalue weighted by Gasteiger charge is 2.91. The summed E-state index contributed by atoms with van der Waals surface area (Å²) < 4.78 is 200. The third-order valence-electron chi connectivity index (χ3n) is 5.79. The van der Waals surface area contributed by atoms with Gasteiger partial charge in [0.1, 0.15) is 11.5 Å². The highest BCUT2D eigenvalue weighted by molar-refractivity contribution is 7.97. The molecule has 20 heteroatoms. The molecule has 0 heterocycles.